The zero-order valence-corrected chi connectivity index (χ0v) is 9.30. The van der Waals surface area contributed by atoms with Crippen LogP contribution in [0.15, 0.2) is 0 Å². The van der Waals surface area contributed by atoms with Crippen LogP contribution in [0.3, 0.4) is 0 Å². The van der Waals surface area contributed by atoms with Gasteiger partial charge >= 0.3 is 0 Å². The van der Waals surface area contributed by atoms with Gasteiger partial charge in [0.05, 0.1) is 0 Å². The van der Waals surface area contributed by atoms with Crippen molar-refractivity contribution in [2.45, 2.75) is 32.1 Å². The zero-order valence-electron chi connectivity index (χ0n) is 8.54. The molecule has 0 spiro atoms. The Balaban J connectivity index is 1.78. The van der Waals surface area contributed by atoms with Crippen LogP contribution in [0.2, 0.25) is 0 Å². The highest BCUT2D eigenvalue weighted by molar-refractivity contribution is 6.18. The molecule has 2 nitrogen and oxygen atoms in total. The summed E-state index contributed by atoms with van der Waals surface area (Å²) in [5.74, 6) is 2.32. The second-order valence-corrected chi connectivity index (χ2v) is 5.00. The highest BCUT2D eigenvalue weighted by Crippen LogP contribution is 2.33. The van der Waals surface area contributed by atoms with Gasteiger partial charge in [-0.25, -0.2) is 0 Å². The van der Waals surface area contributed by atoms with Gasteiger partial charge < -0.3 is 4.90 Å². The van der Waals surface area contributed by atoms with Crippen molar-refractivity contribution in [3.63, 3.8) is 0 Å². The maximum absolute atomic E-state index is 11.7. The van der Waals surface area contributed by atoms with Crippen molar-refractivity contribution in [3.05, 3.63) is 0 Å². The molecule has 0 aromatic rings. The molecule has 0 aromatic carbocycles. The minimum atomic E-state index is 0.263. The van der Waals surface area contributed by atoms with Gasteiger partial charge in [0.1, 0.15) is 0 Å². The smallest absolute Gasteiger partial charge is 0.223 e. The molecule has 0 heterocycles. The van der Waals surface area contributed by atoms with Gasteiger partial charge in [0, 0.05) is 25.4 Å². The van der Waals surface area contributed by atoms with Gasteiger partial charge in [0.15, 0.2) is 0 Å². The first-order valence-electron chi connectivity index (χ1n) is 5.63. The van der Waals surface area contributed by atoms with Crippen LogP contribution in [0, 0.1) is 11.8 Å². The second-order valence-electron chi connectivity index (χ2n) is 4.62. The molecule has 0 aromatic heterocycles. The Morgan fingerprint density at radius 2 is 1.64 bits per heavy atom. The standard InChI is InChI=1S/C11H18ClNO/c12-6-5-11(14)13(7-9-1-2-9)8-10-3-4-10/h9-10H,1-8H2. The largest absolute Gasteiger partial charge is 0.342 e. The molecule has 0 unspecified atom stereocenters. The molecule has 0 aliphatic heterocycles. The Labute approximate surface area is 90.6 Å². The molecule has 3 heteroatoms. The second kappa shape index (κ2) is 4.52. The lowest BCUT2D eigenvalue weighted by Crippen LogP contribution is -2.34. The molecule has 1 amide bonds. The highest BCUT2D eigenvalue weighted by Gasteiger charge is 2.30. The quantitative estimate of drug-likeness (QED) is 0.623. The van der Waals surface area contributed by atoms with Crippen molar-refractivity contribution in [2.75, 3.05) is 19.0 Å². The van der Waals surface area contributed by atoms with Gasteiger partial charge in [-0.3, -0.25) is 4.79 Å². The van der Waals surface area contributed by atoms with E-state index in [1.807, 2.05) is 0 Å². The van der Waals surface area contributed by atoms with Crippen molar-refractivity contribution >= 4 is 17.5 Å². The molecule has 2 aliphatic carbocycles. The lowest BCUT2D eigenvalue weighted by atomic mass is 10.3. The van der Waals surface area contributed by atoms with E-state index in [0.29, 0.717) is 12.3 Å². The summed E-state index contributed by atoms with van der Waals surface area (Å²) in [5.41, 5.74) is 0. The summed E-state index contributed by atoms with van der Waals surface area (Å²) < 4.78 is 0. The molecule has 2 saturated carbocycles. The van der Waals surface area contributed by atoms with Crippen molar-refractivity contribution in [1.82, 2.24) is 4.90 Å². The molecule has 80 valence electrons. The minimum Gasteiger partial charge on any atom is -0.342 e. The van der Waals surface area contributed by atoms with Crippen molar-refractivity contribution < 1.29 is 4.79 Å². The van der Waals surface area contributed by atoms with Crippen LogP contribution in [0.25, 0.3) is 0 Å². The molecule has 0 N–H and O–H groups in total. The fourth-order valence-electron chi connectivity index (χ4n) is 1.74. The van der Waals surface area contributed by atoms with Crippen LogP contribution in [-0.2, 0) is 4.79 Å². The fraction of sp³-hybridized carbons (Fsp3) is 0.909. The molecule has 2 fully saturated rings. The number of hydrogen-bond donors (Lipinski definition) is 0. The number of rotatable bonds is 6. The van der Waals surface area contributed by atoms with E-state index in [1.165, 1.54) is 25.7 Å². The van der Waals surface area contributed by atoms with Gasteiger partial charge in [0.2, 0.25) is 5.91 Å². The number of alkyl halides is 1. The molecular formula is C11H18ClNO. The van der Waals surface area contributed by atoms with Gasteiger partial charge in [-0.05, 0) is 37.5 Å². The van der Waals surface area contributed by atoms with E-state index in [0.717, 1.165) is 24.9 Å². The highest BCUT2D eigenvalue weighted by atomic mass is 35.5. The Hall–Kier alpha value is -0.240. The molecule has 0 bridgehead atoms. The van der Waals surface area contributed by atoms with Gasteiger partial charge in [0.25, 0.3) is 0 Å². The average molecular weight is 216 g/mol. The third-order valence-corrected chi connectivity index (χ3v) is 3.20. The molecular weight excluding hydrogens is 198 g/mol. The van der Waals surface area contributed by atoms with Crippen LogP contribution in [0.5, 0.6) is 0 Å². The van der Waals surface area contributed by atoms with E-state index in [-0.39, 0.29) is 5.91 Å². The maximum Gasteiger partial charge on any atom is 0.223 e. The third kappa shape index (κ3) is 3.16. The van der Waals surface area contributed by atoms with Crippen molar-refractivity contribution in [2.24, 2.45) is 11.8 Å². The normalized spacial score (nSPS) is 20.9. The SMILES string of the molecule is O=C(CCCl)N(CC1CC1)CC1CC1. The number of carbonyl (C=O) groups is 1. The number of halogens is 1. The van der Waals surface area contributed by atoms with E-state index in [4.69, 9.17) is 11.6 Å². The first-order valence-corrected chi connectivity index (χ1v) is 6.17. The van der Waals surface area contributed by atoms with Gasteiger partial charge in [-0.1, -0.05) is 0 Å². The number of nitrogens with zero attached hydrogens (tertiary/aromatic N) is 1. The molecule has 14 heavy (non-hydrogen) atoms. The molecule has 0 saturated heterocycles. The Kier molecular flexibility index (Phi) is 3.32. The first kappa shape index (κ1) is 10.3. The molecule has 2 aliphatic rings. The minimum absolute atomic E-state index is 0.263. The van der Waals surface area contributed by atoms with Crippen LogP contribution >= 0.6 is 11.6 Å². The Morgan fingerprint density at radius 1 is 1.14 bits per heavy atom. The maximum atomic E-state index is 11.7. The van der Waals surface area contributed by atoms with Gasteiger partial charge in [-0.2, -0.15) is 0 Å². The summed E-state index contributed by atoms with van der Waals surface area (Å²) >= 11 is 5.60. The number of amides is 1. The lowest BCUT2D eigenvalue weighted by molar-refractivity contribution is -0.131. The summed E-state index contributed by atoms with van der Waals surface area (Å²) in [4.78, 5) is 13.8. The zero-order chi connectivity index (χ0) is 9.97. The lowest BCUT2D eigenvalue weighted by Gasteiger charge is -2.22. The Morgan fingerprint density at radius 3 is 2.00 bits per heavy atom. The molecule has 2 rings (SSSR count). The fourth-order valence-corrected chi connectivity index (χ4v) is 1.90. The van der Waals surface area contributed by atoms with E-state index < -0.39 is 0 Å². The number of carbonyl (C=O) groups excluding carboxylic acids is 1. The molecule has 0 atom stereocenters. The summed E-state index contributed by atoms with van der Waals surface area (Å²) in [6.07, 6.45) is 5.77. The monoisotopic (exact) mass is 215 g/mol. The summed E-state index contributed by atoms with van der Waals surface area (Å²) in [5, 5.41) is 0. The van der Waals surface area contributed by atoms with E-state index in [2.05, 4.69) is 4.90 Å². The third-order valence-electron chi connectivity index (χ3n) is 3.01. The summed E-state index contributed by atoms with van der Waals surface area (Å²) in [7, 11) is 0. The van der Waals surface area contributed by atoms with Gasteiger partial charge in [-0.15, -0.1) is 11.6 Å². The van der Waals surface area contributed by atoms with E-state index in [1.54, 1.807) is 0 Å². The van der Waals surface area contributed by atoms with Crippen molar-refractivity contribution in [1.29, 1.82) is 0 Å². The van der Waals surface area contributed by atoms with Crippen LogP contribution in [0.1, 0.15) is 32.1 Å². The van der Waals surface area contributed by atoms with Crippen LogP contribution in [0.4, 0.5) is 0 Å². The topological polar surface area (TPSA) is 20.3 Å². The number of hydrogen-bond acceptors (Lipinski definition) is 1. The van der Waals surface area contributed by atoms with E-state index in [9.17, 15) is 4.79 Å². The molecule has 0 radical (unpaired) electrons. The van der Waals surface area contributed by atoms with E-state index >= 15 is 0 Å². The van der Waals surface area contributed by atoms with Crippen molar-refractivity contribution in [3.8, 4) is 0 Å². The summed E-state index contributed by atoms with van der Waals surface area (Å²) in [6.45, 7) is 1.98. The predicted octanol–water partition coefficient (Wildman–Crippen LogP) is 2.26. The summed E-state index contributed by atoms with van der Waals surface area (Å²) in [6, 6.07) is 0. The Bertz CT molecular complexity index is 197. The average Bonchev–Trinajstić information content (AvgIpc) is 2.97. The first-order chi connectivity index (χ1) is 6.79. The van der Waals surface area contributed by atoms with Crippen LogP contribution in [-0.4, -0.2) is 29.8 Å². The predicted molar refractivity (Wildman–Crippen MR) is 57.4 cm³/mol. The van der Waals surface area contributed by atoms with Crippen LogP contribution < -0.4 is 0 Å².